The standard InChI is InChI=1S/C49H32O/c1-48(34-16-3-2-4-17-34)44-30-33(26-27-38(44)39-28-31-14-5-6-15-32(31)29-45(39)48)35-20-13-24-43-47(35)50-46-25-12-11-23-42(46)49(43)40-21-9-7-18-36(40)37-19-8-10-22-41(37)49/h2-30H,1H3. The molecule has 0 N–H and O–H groups in total. The molecule has 0 bridgehead atoms. The number of benzene rings is 8. The molecule has 8 aromatic rings. The highest BCUT2D eigenvalue weighted by Gasteiger charge is 2.51. The van der Waals surface area contributed by atoms with Gasteiger partial charge in [0.1, 0.15) is 11.5 Å². The number of para-hydroxylation sites is 2. The first kappa shape index (κ1) is 27.7. The van der Waals surface area contributed by atoms with Gasteiger partial charge in [-0.05, 0) is 97.6 Å². The Bertz CT molecular complexity index is 2660. The van der Waals surface area contributed by atoms with Crippen LogP contribution < -0.4 is 4.74 Å². The van der Waals surface area contributed by atoms with Gasteiger partial charge in [0.05, 0.1) is 5.41 Å². The summed E-state index contributed by atoms with van der Waals surface area (Å²) in [6.07, 6.45) is 0. The first-order chi connectivity index (χ1) is 24.7. The molecule has 0 fully saturated rings. The van der Waals surface area contributed by atoms with Crippen LogP contribution in [-0.2, 0) is 10.8 Å². The Morgan fingerprint density at radius 2 is 0.940 bits per heavy atom. The molecule has 1 nitrogen and oxygen atoms in total. The predicted molar refractivity (Wildman–Crippen MR) is 204 cm³/mol. The summed E-state index contributed by atoms with van der Waals surface area (Å²) in [4.78, 5) is 0. The highest BCUT2D eigenvalue weighted by molar-refractivity contribution is 5.96. The molecule has 11 rings (SSSR count). The SMILES string of the molecule is CC1(c2ccccc2)c2cc(-c3cccc4c3Oc3ccccc3C43c4ccccc4-c4ccccc43)ccc2-c2cc3ccccc3cc21. The second-order valence-electron chi connectivity index (χ2n) is 14.1. The lowest BCUT2D eigenvalue weighted by Crippen LogP contribution is -2.32. The van der Waals surface area contributed by atoms with Crippen LogP contribution in [0.2, 0.25) is 0 Å². The lowest BCUT2D eigenvalue weighted by molar-refractivity contribution is 0.438. The van der Waals surface area contributed by atoms with Crippen molar-refractivity contribution in [2.75, 3.05) is 0 Å². The fourth-order valence-corrected chi connectivity index (χ4v) is 9.57. The van der Waals surface area contributed by atoms with E-state index in [1.807, 2.05) is 0 Å². The summed E-state index contributed by atoms with van der Waals surface area (Å²) < 4.78 is 7.05. The molecule has 1 atom stereocenters. The number of fused-ring (bicyclic) bond motifs is 13. The van der Waals surface area contributed by atoms with Crippen LogP contribution in [-0.4, -0.2) is 0 Å². The largest absolute Gasteiger partial charge is 0.456 e. The third-order valence-corrected chi connectivity index (χ3v) is 11.8. The molecule has 1 aliphatic heterocycles. The zero-order valence-corrected chi connectivity index (χ0v) is 27.7. The van der Waals surface area contributed by atoms with E-state index in [9.17, 15) is 0 Å². The van der Waals surface area contributed by atoms with Gasteiger partial charge in [0, 0.05) is 22.1 Å². The third-order valence-electron chi connectivity index (χ3n) is 11.8. The van der Waals surface area contributed by atoms with Crippen LogP contribution in [0, 0.1) is 0 Å². The molecule has 1 heteroatoms. The fraction of sp³-hybridized carbons (Fsp3) is 0.0612. The molecular formula is C49H32O. The van der Waals surface area contributed by atoms with E-state index in [-0.39, 0.29) is 5.41 Å². The lowest BCUT2D eigenvalue weighted by atomic mass is 9.65. The van der Waals surface area contributed by atoms with E-state index < -0.39 is 5.41 Å². The van der Waals surface area contributed by atoms with Crippen molar-refractivity contribution in [3.8, 4) is 44.9 Å². The molecule has 50 heavy (non-hydrogen) atoms. The number of rotatable bonds is 2. The molecule has 8 aromatic carbocycles. The van der Waals surface area contributed by atoms with E-state index in [2.05, 4.69) is 183 Å². The highest BCUT2D eigenvalue weighted by Crippen LogP contribution is 2.63. The molecule has 234 valence electrons. The van der Waals surface area contributed by atoms with Gasteiger partial charge in [0.2, 0.25) is 0 Å². The van der Waals surface area contributed by atoms with E-state index in [1.54, 1.807) is 0 Å². The van der Waals surface area contributed by atoms with Gasteiger partial charge in [-0.3, -0.25) is 0 Å². The Morgan fingerprint density at radius 1 is 0.380 bits per heavy atom. The minimum absolute atomic E-state index is 0.321. The van der Waals surface area contributed by atoms with E-state index >= 15 is 0 Å². The lowest BCUT2D eigenvalue weighted by Gasteiger charge is -2.40. The molecule has 0 amide bonds. The van der Waals surface area contributed by atoms with Crippen molar-refractivity contribution in [2.24, 2.45) is 0 Å². The molecule has 1 heterocycles. The molecular weight excluding hydrogens is 605 g/mol. The summed E-state index contributed by atoms with van der Waals surface area (Å²) in [5, 5.41) is 2.54. The normalized spacial score (nSPS) is 16.9. The Kier molecular flexibility index (Phi) is 5.51. The van der Waals surface area contributed by atoms with Gasteiger partial charge in [-0.25, -0.2) is 0 Å². The van der Waals surface area contributed by atoms with Gasteiger partial charge < -0.3 is 4.74 Å². The Morgan fingerprint density at radius 3 is 1.70 bits per heavy atom. The maximum absolute atomic E-state index is 7.05. The van der Waals surface area contributed by atoms with Crippen LogP contribution in [0.25, 0.3) is 44.2 Å². The van der Waals surface area contributed by atoms with Crippen LogP contribution >= 0.6 is 0 Å². The Balaban J connectivity index is 1.18. The molecule has 2 aliphatic carbocycles. The second kappa shape index (κ2) is 9.94. The van der Waals surface area contributed by atoms with Gasteiger partial charge >= 0.3 is 0 Å². The van der Waals surface area contributed by atoms with Gasteiger partial charge in [-0.1, -0.05) is 152 Å². The topological polar surface area (TPSA) is 9.23 Å². The summed E-state index contributed by atoms with van der Waals surface area (Å²) in [5.74, 6) is 1.84. The van der Waals surface area contributed by atoms with E-state index in [0.717, 1.165) is 22.6 Å². The van der Waals surface area contributed by atoms with Crippen LogP contribution in [0.1, 0.15) is 45.9 Å². The number of hydrogen-bond donors (Lipinski definition) is 0. The van der Waals surface area contributed by atoms with Gasteiger partial charge in [0.25, 0.3) is 0 Å². The first-order valence-electron chi connectivity index (χ1n) is 17.5. The van der Waals surface area contributed by atoms with E-state index in [4.69, 9.17) is 4.74 Å². The summed E-state index contributed by atoms with van der Waals surface area (Å²) >= 11 is 0. The van der Waals surface area contributed by atoms with Gasteiger partial charge in [-0.15, -0.1) is 0 Å². The first-order valence-corrected chi connectivity index (χ1v) is 17.5. The smallest absolute Gasteiger partial charge is 0.140 e. The predicted octanol–water partition coefficient (Wildman–Crippen LogP) is 12.3. The molecule has 1 spiro atoms. The minimum atomic E-state index is -0.487. The highest BCUT2D eigenvalue weighted by atomic mass is 16.5. The van der Waals surface area contributed by atoms with Crippen LogP contribution in [0.3, 0.4) is 0 Å². The van der Waals surface area contributed by atoms with Crippen LogP contribution in [0.5, 0.6) is 11.5 Å². The quantitative estimate of drug-likeness (QED) is 0.183. The van der Waals surface area contributed by atoms with Crippen LogP contribution in [0.4, 0.5) is 0 Å². The van der Waals surface area contributed by atoms with Crippen molar-refractivity contribution in [2.45, 2.75) is 17.8 Å². The molecule has 0 saturated heterocycles. The zero-order valence-electron chi connectivity index (χ0n) is 27.7. The monoisotopic (exact) mass is 636 g/mol. The zero-order chi connectivity index (χ0) is 33.0. The second-order valence-corrected chi connectivity index (χ2v) is 14.1. The number of hydrogen-bond acceptors (Lipinski definition) is 1. The molecule has 0 radical (unpaired) electrons. The summed E-state index contributed by atoms with van der Waals surface area (Å²) in [5.41, 5.74) is 15.6. The summed E-state index contributed by atoms with van der Waals surface area (Å²) in [6.45, 7) is 2.40. The maximum atomic E-state index is 7.05. The van der Waals surface area contributed by atoms with E-state index in [1.165, 1.54) is 72.0 Å². The average molecular weight is 637 g/mol. The average Bonchev–Trinajstić information content (AvgIpc) is 3.61. The molecule has 1 unspecified atom stereocenters. The Labute approximate surface area is 292 Å². The number of ether oxygens (including phenoxy) is 1. The summed E-state index contributed by atoms with van der Waals surface area (Å²) in [7, 11) is 0. The summed E-state index contributed by atoms with van der Waals surface area (Å²) in [6, 6.07) is 64.9. The maximum Gasteiger partial charge on any atom is 0.140 e. The molecule has 0 saturated carbocycles. The Hall–Kier alpha value is -6.18. The van der Waals surface area contributed by atoms with Crippen molar-refractivity contribution in [3.63, 3.8) is 0 Å². The fourth-order valence-electron chi connectivity index (χ4n) is 9.57. The third kappa shape index (κ3) is 3.42. The van der Waals surface area contributed by atoms with Gasteiger partial charge in [0.15, 0.2) is 0 Å². The van der Waals surface area contributed by atoms with Crippen molar-refractivity contribution < 1.29 is 4.74 Å². The van der Waals surface area contributed by atoms with Gasteiger partial charge in [-0.2, -0.15) is 0 Å². The van der Waals surface area contributed by atoms with Crippen molar-refractivity contribution in [1.82, 2.24) is 0 Å². The van der Waals surface area contributed by atoms with Crippen molar-refractivity contribution in [1.29, 1.82) is 0 Å². The molecule has 0 aromatic heterocycles. The van der Waals surface area contributed by atoms with Crippen LogP contribution in [0.15, 0.2) is 176 Å². The van der Waals surface area contributed by atoms with E-state index in [0.29, 0.717) is 0 Å². The van der Waals surface area contributed by atoms with Crippen molar-refractivity contribution in [3.05, 3.63) is 215 Å². The van der Waals surface area contributed by atoms with Crippen molar-refractivity contribution >= 4 is 10.8 Å². The molecule has 3 aliphatic rings. The minimum Gasteiger partial charge on any atom is -0.456 e.